The van der Waals surface area contributed by atoms with E-state index in [1.807, 2.05) is 42.5 Å². The van der Waals surface area contributed by atoms with Crippen LogP contribution in [0.5, 0.6) is 0 Å². The van der Waals surface area contributed by atoms with Crippen molar-refractivity contribution in [3.8, 4) is 6.07 Å². The van der Waals surface area contributed by atoms with E-state index in [1.54, 1.807) is 0 Å². The summed E-state index contributed by atoms with van der Waals surface area (Å²) in [7, 11) is 0. The highest BCUT2D eigenvalue weighted by Gasteiger charge is 2.07. The van der Waals surface area contributed by atoms with E-state index in [4.69, 9.17) is 16.9 Å². The average Bonchev–Trinajstić information content (AvgIpc) is 2.47. The molecule has 3 aromatic rings. The predicted octanol–water partition coefficient (Wildman–Crippen LogP) is 3.29. The summed E-state index contributed by atoms with van der Waals surface area (Å²) < 4.78 is 0. The number of halogens is 1. The highest BCUT2D eigenvalue weighted by atomic mass is 35.5. The summed E-state index contributed by atoms with van der Waals surface area (Å²) in [5.74, 6) is 0.935. The lowest BCUT2D eigenvalue weighted by Gasteiger charge is -2.07. The SMILES string of the molecule is N#Cc1cnc(Cl)nc1Nc1ccc2ccccc2n1. The molecular formula is C14H8ClN5. The van der Waals surface area contributed by atoms with Crippen LogP contribution in [0.3, 0.4) is 0 Å². The van der Waals surface area contributed by atoms with Crippen LogP contribution in [0.2, 0.25) is 5.28 Å². The van der Waals surface area contributed by atoms with Crippen molar-refractivity contribution in [1.29, 1.82) is 5.26 Å². The third kappa shape index (κ3) is 2.37. The van der Waals surface area contributed by atoms with Gasteiger partial charge in [0.1, 0.15) is 17.5 Å². The van der Waals surface area contributed by atoms with Crippen LogP contribution >= 0.6 is 11.6 Å². The molecule has 0 aliphatic carbocycles. The fourth-order valence-corrected chi connectivity index (χ4v) is 1.93. The Labute approximate surface area is 119 Å². The van der Waals surface area contributed by atoms with Crippen molar-refractivity contribution < 1.29 is 0 Å². The molecule has 2 aromatic heterocycles. The lowest BCUT2D eigenvalue weighted by molar-refractivity contribution is 1.15. The number of fused-ring (bicyclic) bond motifs is 1. The molecule has 1 N–H and O–H groups in total. The second-order valence-electron chi connectivity index (χ2n) is 4.03. The normalized spacial score (nSPS) is 10.2. The molecule has 0 unspecified atom stereocenters. The highest BCUT2D eigenvalue weighted by Crippen LogP contribution is 2.20. The first kappa shape index (κ1) is 12.3. The van der Waals surface area contributed by atoms with Gasteiger partial charge in [0.2, 0.25) is 5.28 Å². The molecule has 0 spiro atoms. The zero-order chi connectivity index (χ0) is 13.9. The lowest BCUT2D eigenvalue weighted by Crippen LogP contribution is -2.00. The fourth-order valence-electron chi connectivity index (χ4n) is 1.79. The standard InChI is InChI=1S/C14H8ClN5/c15-14-17-8-10(7-16)13(20-14)19-12-6-5-9-3-1-2-4-11(9)18-12/h1-6,8H,(H,17,18,19,20). The molecule has 0 fully saturated rings. The van der Waals surface area contributed by atoms with E-state index in [9.17, 15) is 0 Å². The molecule has 0 aliphatic heterocycles. The summed E-state index contributed by atoms with van der Waals surface area (Å²) in [4.78, 5) is 12.2. The van der Waals surface area contributed by atoms with Gasteiger partial charge >= 0.3 is 0 Å². The van der Waals surface area contributed by atoms with Gasteiger partial charge < -0.3 is 5.32 Å². The van der Waals surface area contributed by atoms with E-state index >= 15 is 0 Å². The maximum Gasteiger partial charge on any atom is 0.224 e. The summed E-state index contributed by atoms with van der Waals surface area (Å²) in [6.45, 7) is 0. The first-order chi connectivity index (χ1) is 9.76. The number of hydrogen-bond donors (Lipinski definition) is 1. The molecule has 96 valence electrons. The Kier molecular flexibility index (Phi) is 3.15. The number of benzene rings is 1. The lowest BCUT2D eigenvalue weighted by atomic mass is 10.2. The van der Waals surface area contributed by atoms with Gasteiger partial charge in [-0.25, -0.2) is 9.97 Å². The fraction of sp³-hybridized carbons (Fsp3) is 0. The zero-order valence-corrected chi connectivity index (χ0v) is 11.0. The zero-order valence-electron chi connectivity index (χ0n) is 10.2. The van der Waals surface area contributed by atoms with E-state index < -0.39 is 0 Å². The Morgan fingerprint density at radius 3 is 2.80 bits per heavy atom. The van der Waals surface area contributed by atoms with E-state index in [1.165, 1.54) is 6.20 Å². The molecule has 2 heterocycles. The van der Waals surface area contributed by atoms with Crippen molar-refractivity contribution >= 4 is 34.1 Å². The summed E-state index contributed by atoms with van der Waals surface area (Å²) in [5.41, 5.74) is 1.17. The predicted molar refractivity (Wildman–Crippen MR) is 76.8 cm³/mol. The van der Waals surface area contributed by atoms with Crippen molar-refractivity contribution in [2.75, 3.05) is 5.32 Å². The van der Waals surface area contributed by atoms with Crippen LogP contribution < -0.4 is 5.32 Å². The van der Waals surface area contributed by atoms with Crippen LogP contribution in [0.25, 0.3) is 10.9 Å². The average molecular weight is 282 g/mol. The number of hydrogen-bond acceptors (Lipinski definition) is 5. The quantitative estimate of drug-likeness (QED) is 0.730. The molecule has 0 aliphatic rings. The van der Waals surface area contributed by atoms with Crippen LogP contribution in [0, 0.1) is 11.3 Å². The second-order valence-corrected chi connectivity index (χ2v) is 4.37. The van der Waals surface area contributed by atoms with Gasteiger partial charge in [-0.1, -0.05) is 18.2 Å². The monoisotopic (exact) mass is 281 g/mol. The number of nitrogens with zero attached hydrogens (tertiary/aromatic N) is 4. The summed E-state index contributed by atoms with van der Waals surface area (Å²) in [6, 6.07) is 13.5. The van der Waals surface area contributed by atoms with Crippen molar-refractivity contribution in [2.24, 2.45) is 0 Å². The maximum atomic E-state index is 9.03. The van der Waals surface area contributed by atoms with Crippen LogP contribution in [0.15, 0.2) is 42.6 Å². The Morgan fingerprint density at radius 1 is 1.10 bits per heavy atom. The van der Waals surface area contributed by atoms with Crippen LogP contribution in [0.4, 0.5) is 11.6 Å². The minimum Gasteiger partial charge on any atom is -0.324 e. The van der Waals surface area contributed by atoms with E-state index in [0.717, 1.165) is 10.9 Å². The number of anilines is 2. The maximum absolute atomic E-state index is 9.03. The van der Waals surface area contributed by atoms with Gasteiger partial charge in [-0.05, 0) is 29.8 Å². The molecule has 0 bridgehead atoms. The molecule has 0 saturated carbocycles. The number of aromatic nitrogens is 3. The first-order valence-electron chi connectivity index (χ1n) is 5.82. The summed E-state index contributed by atoms with van der Waals surface area (Å²) in [5, 5.41) is 13.1. The highest BCUT2D eigenvalue weighted by molar-refractivity contribution is 6.28. The van der Waals surface area contributed by atoms with Crippen molar-refractivity contribution in [3.63, 3.8) is 0 Å². The topological polar surface area (TPSA) is 74.5 Å². The second kappa shape index (κ2) is 5.11. The molecule has 20 heavy (non-hydrogen) atoms. The molecule has 5 nitrogen and oxygen atoms in total. The molecule has 0 atom stereocenters. The van der Waals surface area contributed by atoms with Crippen LogP contribution in [-0.2, 0) is 0 Å². The smallest absolute Gasteiger partial charge is 0.224 e. The van der Waals surface area contributed by atoms with Gasteiger partial charge in [-0.2, -0.15) is 10.2 Å². The molecule has 0 saturated heterocycles. The largest absolute Gasteiger partial charge is 0.324 e. The van der Waals surface area contributed by atoms with Gasteiger partial charge in [-0.15, -0.1) is 0 Å². The molecular weight excluding hydrogens is 274 g/mol. The summed E-state index contributed by atoms with van der Waals surface area (Å²) in [6.07, 6.45) is 1.37. The van der Waals surface area contributed by atoms with Crippen molar-refractivity contribution in [3.05, 3.63) is 53.4 Å². The van der Waals surface area contributed by atoms with Gasteiger partial charge in [-0.3, -0.25) is 0 Å². The third-order valence-corrected chi connectivity index (χ3v) is 2.91. The molecule has 3 rings (SSSR count). The van der Waals surface area contributed by atoms with Gasteiger partial charge in [0.25, 0.3) is 0 Å². The van der Waals surface area contributed by atoms with E-state index in [0.29, 0.717) is 17.2 Å². The minimum absolute atomic E-state index is 0.0762. The molecule has 0 radical (unpaired) electrons. The third-order valence-electron chi connectivity index (χ3n) is 2.72. The van der Waals surface area contributed by atoms with Crippen LogP contribution in [-0.4, -0.2) is 15.0 Å². The van der Waals surface area contributed by atoms with Gasteiger partial charge in [0.15, 0.2) is 5.82 Å². The van der Waals surface area contributed by atoms with Crippen molar-refractivity contribution in [1.82, 2.24) is 15.0 Å². The van der Waals surface area contributed by atoms with Crippen LogP contribution in [0.1, 0.15) is 5.56 Å². The molecule has 1 aromatic carbocycles. The van der Waals surface area contributed by atoms with Crippen molar-refractivity contribution in [2.45, 2.75) is 0 Å². The molecule has 6 heteroatoms. The number of rotatable bonds is 2. The molecule has 0 amide bonds. The van der Waals surface area contributed by atoms with Gasteiger partial charge in [0.05, 0.1) is 11.7 Å². The number of pyridine rings is 1. The Morgan fingerprint density at radius 2 is 1.95 bits per heavy atom. The minimum atomic E-state index is 0.0762. The number of nitriles is 1. The Bertz CT molecular complexity index is 825. The Hall–Kier alpha value is -2.71. The first-order valence-corrected chi connectivity index (χ1v) is 6.19. The Balaban J connectivity index is 2.01. The van der Waals surface area contributed by atoms with E-state index in [2.05, 4.69) is 20.3 Å². The van der Waals surface area contributed by atoms with E-state index in [-0.39, 0.29) is 5.28 Å². The summed E-state index contributed by atoms with van der Waals surface area (Å²) >= 11 is 5.74. The van der Waals surface area contributed by atoms with Gasteiger partial charge in [0, 0.05) is 5.39 Å². The number of para-hydroxylation sites is 1. The number of nitrogens with one attached hydrogen (secondary N) is 1.